The lowest BCUT2D eigenvalue weighted by Gasteiger charge is -2.34. The molecule has 1 aliphatic carbocycles. The van der Waals surface area contributed by atoms with Gasteiger partial charge >= 0.3 is 13.7 Å². The minimum absolute atomic E-state index is 0.0931. The van der Waals surface area contributed by atoms with Crippen molar-refractivity contribution in [2.24, 2.45) is 5.41 Å². The lowest BCUT2D eigenvalue weighted by Crippen LogP contribution is -2.51. The van der Waals surface area contributed by atoms with Crippen LogP contribution >= 0.6 is 7.75 Å². The molecule has 3 aromatic rings. The highest BCUT2D eigenvalue weighted by Crippen LogP contribution is 2.48. The number of aliphatic hydroxyl groups is 2. The van der Waals surface area contributed by atoms with Crippen molar-refractivity contribution in [1.82, 2.24) is 19.7 Å². The maximum Gasteiger partial charge on any atom is 0.459 e. The third kappa shape index (κ3) is 6.30. The summed E-state index contributed by atoms with van der Waals surface area (Å²) in [5.41, 5.74) is 2.24. The number of para-hydroxylation sites is 1. The van der Waals surface area contributed by atoms with Gasteiger partial charge in [-0.25, -0.2) is 14.1 Å². The lowest BCUT2D eigenvalue weighted by molar-refractivity contribution is -0.153. The van der Waals surface area contributed by atoms with Crippen molar-refractivity contribution in [2.75, 3.05) is 18.9 Å². The first-order chi connectivity index (χ1) is 20.8. The second-order valence-corrected chi connectivity index (χ2v) is 13.8. The van der Waals surface area contributed by atoms with Crippen molar-refractivity contribution < 1.29 is 38.1 Å². The predicted octanol–water partition coefficient (Wildman–Crippen LogP) is 2.85. The number of fused-ring (bicyclic) bond motifs is 1. The zero-order chi connectivity index (χ0) is 31.8. The first kappa shape index (κ1) is 31.8. The summed E-state index contributed by atoms with van der Waals surface area (Å²) in [7, 11) is -4.42. The van der Waals surface area contributed by atoms with Crippen LogP contribution in [0.1, 0.15) is 52.1 Å². The highest BCUT2D eigenvalue weighted by molar-refractivity contribution is 7.52. The van der Waals surface area contributed by atoms with E-state index in [-0.39, 0.29) is 28.8 Å². The van der Waals surface area contributed by atoms with E-state index in [0.717, 1.165) is 25.7 Å². The Balaban J connectivity index is 1.34. The van der Waals surface area contributed by atoms with Gasteiger partial charge in [0.1, 0.15) is 48.5 Å². The summed E-state index contributed by atoms with van der Waals surface area (Å²) in [5.74, 6) is -0.341. The second kappa shape index (κ2) is 12.1. The number of carbonyl (C=O) groups is 1. The van der Waals surface area contributed by atoms with Crippen LogP contribution in [0.4, 0.5) is 5.82 Å². The van der Waals surface area contributed by atoms with Crippen LogP contribution in [0.3, 0.4) is 0 Å². The fourth-order valence-corrected chi connectivity index (χ4v) is 6.98. The molecule has 2 aliphatic rings. The largest absolute Gasteiger partial charge is 0.461 e. The van der Waals surface area contributed by atoms with Crippen LogP contribution in [0.15, 0.2) is 48.8 Å². The lowest BCUT2D eigenvalue weighted by atomic mass is 9.76. The Kier molecular flexibility index (Phi) is 8.74. The summed E-state index contributed by atoms with van der Waals surface area (Å²) in [6.07, 6.45) is 2.30. The third-order valence-electron chi connectivity index (χ3n) is 8.25. The maximum atomic E-state index is 14.1. The van der Waals surface area contributed by atoms with E-state index >= 15 is 0 Å². The average molecular weight is 629 g/mol. The topological polar surface area (TPSA) is 204 Å². The van der Waals surface area contributed by atoms with E-state index in [2.05, 4.69) is 29.0 Å². The molecule has 0 radical (unpaired) electrons. The van der Waals surface area contributed by atoms with Gasteiger partial charge in [0, 0.05) is 0 Å². The Morgan fingerprint density at radius 1 is 1.27 bits per heavy atom. The van der Waals surface area contributed by atoms with E-state index in [0.29, 0.717) is 5.52 Å². The van der Waals surface area contributed by atoms with Crippen molar-refractivity contribution in [3.63, 3.8) is 0 Å². The number of ether oxygens (including phenoxy) is 2. The van der Waals surface area contributed by atoms with Gasteiger partial charge in [0.25, 0.3) is 0 Å². The molecule has 14 nitrogen and oxygen atoms in total. The van der Waals surface area contributed by atoms with Crippen molar-refractivity contribution in [1.29, 1.82) is 5.26 Å². The van der Waals surface area contributed by atoms with Crippen LogP contribution in [0.2, 0.25) is 0 Å². The van der Waals surface area contributed by atoms with Gasteiger partial charge < -0.3 is 29.9 Å². The van der Waals surface area contributed by atoms with E-state index in [9.17, 15) is 24.8 Å². The van der Waals surface area contributed by atoms with Gasteiger partial charge in [-0.1, -0.05) is 32.0 Å². The standard InChI is InChI=1S/C29H37N6O8P/c1-19(25(36)42-20-11-13-27(2,3)14-12-20)34-44(39,43-21-7-5-4-6-8-21)41-16-28(15-30)26(37)29(38,17-40-28)23-10-9-22-24(31)32-18-33-35(22)23/h4-10,18-20,26,37-38H,11-14,16-17H2,1-3H3,(H,34,39)(H2,31,32,33)/t19-,26+,28+,29+,44?/m0/s1. The number of nitrogens with two attached hydrogens (primary N) is 1. The summed E-state index contributed by atoms with van der Waals surface area (Å²) >= 11 is 0. The third-order valence-corrected chi connectivity index (χ3v) is 9.87. The molecule has 1 aromatic carbocycles. The summed E-state index contributed by atoms with van der Waals surface area (Å²) in [5, 5.41) is 39.8. The predicted molar refractivity (Wildman–Crippen MR) is 157 cm³/mol. The molecule has 5 N–H and O–H groups in total. The van der Waals surface area contributed by atoms with Crippen LogP contribution in [0.25, 0.3) is 5.52 Å². The fourth-order valence-electron chi connectivity index (χ4n) is 5.46. The van der Waals surface area contributed by atoms with Crippen molar-refractivity contribution in [3.8, 4) is 11.8 Å². The van der Waals surface area contributed by atoms with Crippen molar-refractivity contribution >= 4 is 25.1 Å². The molecule has 2 aromatic heterocycles. The molecule has 2 fully saturated rings. The number of rotatable bonds is 10. The molecular weight excluding hydrogens is 591 g/mol. The number of esters is 1. The quantitative estimate of drug-likeness (QED) is 0.189. The van der Waals surface area contributed by atoms with E-state index in [1.165, 1.54) is 36.0 Å². The SMILES string of the molecule is C[C@H](NP(=O)(OC[C@@]1(C#N)OC[C@@](O)(c2ccc3c(N)ncnn23)[C@@H]1O)Oc1ccccc1)C(=O)OC1CCC(C)(C)CC1. The maximum absolute atomic E-state index is 14.1. The van der Waals surface area contributed by atoms with E-state index in [1.807, 2.05) is 6.07 Å². The summed E-state index contributed by atoms with van der Waals surface area (Å²) in [6, 6.07) is 11.9. The Morgan fingerprint density at radius 3 is 2.66 bits per heavy atom. The number of benzene rings is 1. The molecule has 1 aliphatic heterocycles. The van der Waals surface area contributed by atoms with Gasteiger partial charge in [0.2, 0.25) is 5.60 Å². The Hall–Kier alpha value is -3.57. The van der Waals surface area contributed by atoms with E-state index in [4.69, 9.17) is 24.3 Å². The van der Waals surface area contributed by atoms with Gasteiger partial charge in [0.05, 0.1) is 12.3 Å². The van der Waals surface area contributed by atoms with Crippen LogP contribution in [-0.4, -0.2) is 67.8 Å². The highest BCUT2D eigenvalue weighted by Gasteiger charge is 2.61. The number of carbonyl (C=O) groups excluding carboxylic acids is 1. The van der Waals surface area contributed by atoms with Gasteiger partial charge in [-0.15, -0.1) is 0 Å². The second-order valence-electron chi connectivity index (χ2n) is 12.1. The van der Waals surface area contributed by atoms with Gasteiger partial charge in [-0.2, -0.15) is 15.4 Å². The smallest absolute Gasteiger partial charge is 0.459 e. The molecule has 1 saturated heterocycles. The zero-order valence-corrected chi connectivity index (χ0v) is 25.6. The zero-order valence-electron chi connectivity index (χ0n) is 24.8. The number of anilines is 1. The molecule has 44 heavy (non-hydrogen) atoms. The molecule has 0 bridgehead atoms. The molecular formula is C29H37N6O8P. The molecule has 3 heterocycles. The number of nitriles is 1. The fraction of sp³-hybridized carbons (Fsp3) is 0.517. The van der Waals surface area contributed by atoms with E-state index < -0.39 is 50.3 Å². The molecule has 1 unspecified atom stereocenters. The Bertz CT molecular complexity index is 1590. The van der Waals surface area contributed by atoms with Crippen LogP contribution in [-0.2, 0) is 29.0 Å². The molecule has 15 heteroatoms. The summed E-state index contributed by atoms with van der Waals surface area (Å²) in [4.78, 5) is 16.9. The molecule has 0 spiro atoms. The van der Waals surface area contributed by atoms with Gasteiger partial charge in [0.15, 0.2) is 11.4 Å². The van der Waals surface area contributed by atoms with Crippen LogP contribution < -0.4 is 15.3 Å². The molecule has 1 saturated carbocycles. The molecule has 5 rings (SSSR count). The Morgan fingerprint density at radius 2 is 1.98 bits per heavy atom. The van der Waals surface area contributed by atoms with Crippen LogP contribution in [0.5, 0.6) is 5.75 Å². The highest BCUT2D eigenvalue weighted by atomic mass is 31.2. The number of aromatic nitrogens is 3. The summed E-state index contributed by atoms with van der Waals surface area (Å²) in [6.45, 7) is 4.48. The number of nitrogens with one attached hydrogen (secondary N) is 1. The number of aliphatic hydroxyl groups excluding tert-OH is 1. The number of hydrogen-bond donors (Lipinski definition) is 4. The molecule has 236 valence electrons. The van der Waals surface area contributed by atoms with Crippen molar-refractivity contribution in [3.05, 3.63) is 54.5 Å². The first-order valence-corrected chi connectivity index (χ1v) is 15.9. The number of nitrogens with zero attached hydrogens (tertiary/aromatic N) is 4. The van der Waals surface area contributed by atoms with Gasteiger partial charge in [-0.05, 0) is 62.3 Å². The Labute approximate surface area is 254 Å². The molecule has 5 atom stereocenters. The van der Waals surface area contributed by atoms with E-state index in [1.54, 1.807) is 24.3 Å². The number of nitrogen functional groups attached to an aromatic ring is 1. The first-order valence-electron chi connectivity index (χ1n) is 14.3. The minimum atomic E-state index is -4.42. The van der Waals surface area contributed by atoms with Crippen molar-refractivity contribution in [2.45, 2.75) is 75.9 Å². The summed E-state index contributed by atoms with van der Waals surface area (Å²) < 4.78 is 38.1. The average Bonchev–Trinajstić information content (AvgIpc) is 3.55. The molecule has 0 amide bonds. The normalized spacial score (nSPS) is 27.3. The van der Waals surface area contributed by atoms with Crippen LogP contribution in [0, 0.1) is 16.7 Å². The minimum Gasteiger partial charge on any atom is -0.461 e. The number of hydrogen-bond acceptors (Lipinski definition) is 12. The monoisotopic (exact) mass is 628 g/mol. The van der Waals surface area contributed by atoms with Gasteiger partial charge in [-0.3, -0.25) is 9.32 Å².